The minimum Gasteiger partial charge on any atom is -0.376 e. The van der Waals surface area contributed by atoms with Crippen LogP contribution in [-0.2, 0) is 11.3 Å². The Labute approximate surface area is 114 Å². The number of hydrogen-bond donors (Lipinski definition) is 1. The summed E-state index contributed by atoms with van der Waals surface area (Å²) in [6.45, 7) is 2.95. The Morgan fingerprint density at radius 2 is 2.39 bits per heavy atom. The topological polar surface area (TPSA) is 64.4 Å². The van der Waals surface area contributed by atoms with Gasteiger partial charge in [-0.05, 0) is 31.0 Å². The lowest BCUT2D eigenvalue weighted by Crippen LogP contribution is -2.14. The minimum absolute atomic E-state index is 0.105. The van der Waals surface area contributed by atoms with Crippen molar-refractivity contribution in [3.63, 3.8) is 0 Å². The third-order valence-corrected chi connectivity index (χ3v) is 3.51. The normalized spacial score (nSPS) is 19.1. The molecule has 0 aliphatic carbocycles. The second kappa shape index (κ2) is 6.26. The molecule has 6 heteroatoms. The molecule has 0 saturated carbocycles. The van der Waals surface area contributed by atoms with E-state index in [0.29, 0.717) is 29.2 Å². The first-order chi connectivity index (χ1) is 8.66. The van der Waals surface area contributed by atoms with Gasteiger partial charge in [0.25, 0.3) is 5.69 Å². The van der Waals surface area contributed by atoms with Crippen molar-refractivity contribution in [3.05, 3.63) is 38.3 Å². The number of nitrogens with zero attached hydrogens (tertiary/aromatic N) is 1. The van der Waals surface area contributed by atoms with Crippen molar-refractivity contribution in [2.24, 2.45) is 5.92 Å². The maximum atomic E-state index is 10.9. The quantitative estimate of drug-likeness (QED) is 0.670. The van der Waals surface area contributed by atoms with E-state index in [9.17, 15) is 10.1 Å². The van der Waals surface area contributed by atoms with Crippen LogP contribution in [0.1, 0.15) is 12.0 Å². The highest BCUT2D eigenvalue weighted by Gasteiger charge is 2.17. The third-order valence-electron chi connectivity index (χ3n) is 3.02. The third kappa shape index (κ3) is 3.51. The number of ether oxygens (including phenoxy) is 1. The van der Waals surface area contributed by atoms with Crippen LogP contribution in [0.25, 0.3) is 0 Å². The van der Waals surface area contributed by atoms with E-state index in [1.807, 2.05) is 0 Å². The fourth-order valence-corrected chi connectivity index (χ4v) is 2.37. The molecule has 18 heavy (non-hydrogen) atoms. The zero-order chi connectivity index (χ0) is 13.0. The highest BCUT2D eigenvalue weighted by molar-refractivity contribution is 9.10. The van der Waals surface area contributed by atoms with E-state index in [2.05, 4.69) is 21.2 Å². The van der Waals surface area contributed by atoms with E-state index in [0.717, 1.165) is 19.5 Å². The second-order valence-corrected chi connectivity index (χ2v) is 5.32. The largest absolute Gasteiger partial charge is 0.376 e. The van der Waals surface area contributed by atoms with Gasteiger partial charge in [-0.2, -0.15) is 0 Å². The number of benzene rings is 1. The van der Waals surface area contributed by atoms with Crippen LogP contribution in [0.15, 0.2) is 22.7 Å². The molecule has 5 nitrogen and oxygen atoms in total. The van der Waals surface area contributed by atoms with Crippen LogP contribution in [0.3, 0.4) is 0 Å². The van der Waals surface area contributed by atoms with E-state index < -0.39 is 0 Å². The summed E-state index contributed by atoms with van der Waals surface area (Å²) in [7, 11) is 0. The van der Waals surface area contributed by atoms with Gasteiger partial charge in [0.05, 0.1) is 23.7 Å². The summed E-state index contributed by atoms with van der Waals surface area (Å²) in [5.41, 5.74) is 0.725. The highest BCUT2D eigenvalue weighted by Crippen LogP contribution is 2.24. The van der Waals surface area contributed by atoms with Crippen LogP contribution in [-0.4, -0.2) is 24.6 Å². The smallest absolute Gasteiger partial charge is 0.276 e. The fraction of sp³-hybridized carbons (Fsp3) is 0.500. The molecule has 1 atom stereocenters. The Morgan fingerprint density at radius 1 is 1.56 bits per heavy atom. The molecule has 98 valence electrons. The lowest BCUT2D eigenvalue weighted by molar-refractivity contribution is -0.386. The molecule has 1 aliphatic rings. The molecule has 1 N–H and O–H groups in total. The number of rotatable bonds is 5. The van der Waals surface area contributed by atoms with Gasteiger partial charge >= 0.3 is 0 Å². The van der Waals surface area contributed by atoms with Gasteiger partial charge in [0.2, 0.25) is 0 Å². The number of hydrogen-bond acceptors (Lipinski definition) is 4. The summed E-state index contributed by atoms with van der Waals surface area (Å²) >= 11 is 3.23. The first-order valence-corrected chi connectivity index (χ1v) is 6.67. The van der Waals surface area contributed by atoms with E-state index in [1.165, 1.54) is 6.07 Å². The lowest BCUT2D eigenvalue weighted by Gasteiger charge is -2.09. The molecule has 0 amide bonds. The molecule has 2 rings (SSSR count). The molecule has 1 fully saturated rings. The Bertz CT molecular complexity index is 433. The van der Waals surface area contributed by atoms with Crippen LogP contribution in [0.4, 0.5) is 5.69 Å². The molecule has 1 aromatic carbocycles. The van der Waals surface area contributed by atoms with Crippen molar-refractivity contribution in [1.29, 1.82) is 0 Å². The summed E-state index contributed by atoms with van der Waals surface area (Å²) in [4.78, 5) is 10.5. The average molecular weight is 315 g/mol. The molecular weight excluding hydrogens is 300 g/mol. The predicted octanol–water partition coefficient (Wildman–Crippen LogP) is 2.48. The summed E-state index contributed by atoms with van der Waals surface area (Å²) in [6.07, 6.45) is 1.11. The van der Waals surface area contributed by atoms with Gasteiger partial charge in [0.15, 0.2) is 0 Å². The van der Waals surface area contributed by atoms with Crippen LogP contribution in [0.2, 0.25) is 0 Å². The number of nitro groups is 1. The van der Waals surface area contributed by atoms with E-state index >= 15 is 0 Å². The Hall–Kier alpha value is -0.980. The minimum atomic E-state index is -0.374. The maximum absolute atomic E-state index is 10.9. The Morgan fingerprint density at radius 3 is 3.06 bits per heavy atom. The average Bonchev–Trinajstić information content (AvgIpc) is 2.84. The van der Waals surface area contributed by atoms with Crippen molar-refractivity contribution in [2.45, 2.75) is 13.0 Å². The van der Waals surface area contributed by atoms with Crippen LogP contribution < -0.4 is 5.32 Å². The lowest BCUT2D eigenvalue weighted by atomic mass is 10.1. The first-order valence-electron chi connectivity index (χ1n) is 5.88. The van der Waals surface area contributed by atoms with Gasteiger partial charge in [-0.15, -0.1) is 0 Å². The predicted molar refractivity (Wildman–Crippen MR) is 71.4 cm³/mol. The standard InChI is InChI=1S/C12H15BrN2O3/c13-11-2-1-10(12(5-11)15(16)17)8-18-7-9-3-4-14-6-9/h1-2,5,9,14H,3-4,6-8H2. The zero-order valence-corrected chi connectivity index (χ0v) is 11.5. The first kappa shape index (κ1) is 13.5. The number of halogens is 1. The van der Waals surface area contributed by atoms with Gasteiger partial charge in [-0.3, -0.25) is 10.1 Å². The molecule has 1 unspecified atom stereocenters. The molecular formula is C12H15BrN2O3. The van der Waals surface area contributed by atoms with Gasteiger partial charge in [-0.25, -0.2) is 0 Å². The molecule has 1 aliphatic heterocycles. The number of nitrogens with one attached hydrogen (secondary N) is 1. The summed E-state index contributed by atoms with van der Waals surface area (Å²) in [5.74, 6) is 0.527. The molecule has 1 saturated heterocycles. The van der Waals surface area contributed by atoms with Crippen molar-refractivity contribution in [2.75, 3.05) is 19.7 Å². The van der Waals surface area contributed by atoms with E-state index in [-0.39, 0.29) is 10.6 Å². The SMILES string of the molecule is O=[N+]([O-])c1cc(Br)ccc1COCC1CCNC1. The molecule has 0 radical (unpaired) electrons. The van der Waals surface area contributed by atoms with E-state index in [4.69, 9.17) is 4.74 Å². The van der Waals surface area contributed by atoms with Crippen molar-refractivity contribution in [1.82, 2.24) is 5.32 Å². The van der Waals surface area contributed by atoms with Crippen molar-refractivity contribution < 1.29 is 9.66 Å². The fourth-order valence-electron chi connectivity index (χ4n) is 2.02. The molecule has 0 bridgehead atoms. The molecule has 0 spiro atoms. The zero-order valence-electron chi connectivity index (χ0n) is 9.89. The van der Waals surface area contributed by atoms with Gasteiger partial charge in [0, 0.05) is 17.1 Å². The van der Waals surface area contributed by atoms with Gasteiger partial charge < -0.3 is 10.1 Å². The van der Waals surface area contributed by atoms with Crippen LogP contribution in [0, 0.1) is 16.0 Å². The van der Waals surface area contributed by atoms with Crippen LogP contribution >= 0.6 is 15.9 Å². The second-order valence-electron chi connectivity index (χ2n) is 4.40. The Kier molecular flexibility index (Phi) is 4.68. The summed E-state index contributed by atoms with van der Waals surface area (Å²) < 4.78 is 6.28. The van der Waals surface area contributed by atoms with Crippen molar-refractivity contribution in [3.8, 4) is 0 Å². The maximum Gasteiger partial charge on any atom is 0.276 e. The highest BCUT2D eigenvalue weighted by atomic mass is 79.9. The van der Waals surface area contributed by atoms with Crippen LogP contribution in [0.5, 0.6) is 0 Å². The summed E-state index contributed by atoms with van der Waals surface area (Å²) in [5, 5.41) is 14.2. The number of nitro benzene ring substituents is 1. The van der Waals surface area contributed by atoms with Gasteiger partial charge in [-0.1, -0.05) is 15.9 Å². The molecule has 1 heterocycles. The monoisotopic (exact) mass is 314 g/mol. The molecule has 1 aromatic rings. The Balaban J connectivity index is 1.93. The molecule has 0 aromatic heterocycles. The summed E-state index contributed by atoms with van der Waals surface area (Å²) in [6, 6.07) is 5.04. The van der Waals surface area contributed by atoms with E-state index in [1.54, 1.807) is 12.1 Å². The van der Waals surface area contributed by atoms with Gasteiger partial charge in [0.1, 0.15) is 0 Å². The van der Waals surface area contributed by atoms with Crippen molar-refractivity contribution >= 4 is 21.6 Å².